The van der Waals surface area contributed by atoms with Crippen molar-refractivity contribution in [3.8, 4) is 5.75 Å². The van der Waals surface area contributed by atoms with Crippen LogP contribution >= 0.6 is 0 Å². The number of ether oxygens (including phenoxy) is 1. The molecule has 0 spiro atoms. The van der Waals surface area contributed by atoms with Gasteiger partial charge < -0.3 is 15.0 Å². The number of anilines is 1. The maximum absolute atomic E-state index is 5.94. The van der Waals surface area contributed by atoms with Crippen molar-refractivity contribution in [2.75, 3.05) is 37.7 Å². The lowest BCUT2D eigenvalue weighted by molar-refractivity contribution is 0.271. The molecule has 0 unspecified atom stereocenters. The van der Waals surface area contributed by atoms with Crippen molar-refractivity contribution in [2.24, 2.45) is 5.92 Å². The van der Waals surface area contributed by atoms with Gasteiger partial charge in [0.1, 0.15) is 5.75 Å². The second-order valence-corrected chi connectivity index (χ2v) is 5.41. The molecule has 3 nitrogen and oxygen atoms in total. The van der Waals surface area contributed by atoms with Crippen molar-refractivity contribution < 1.29 is 4.74 Å². The van der Waals surface area contributed by atoms with E-state index < -0.39 is 0 Å². The van der Waals surface area contributed by atoms with Gasteiger partial charge in [0.25, 0.3) is 0 Å². The van der Waals surface area contributed by atoms with Crippen LogP contribution in [0, 0.1) is 12.8 Å². The number of benzene rings is 1. The van der Waals surface area contributed by atoms with E-state index in [0.29, 0.717) is 5.92 Å². The summed E-state index contributed by atoms with van der Waals surface area (Å²) in [6.07, 6.45) is 0. The Labute approximate surface area is 110 Å². The number of rotatable bonds is 4. The number of hydrogen-bond acceptors (Lipinski definition) is 3. The minimum absolute atomic E-state index is 0.558. The fourth-order valence-electron chi connectivity index (χ4n) is 2.16. The van der Waals surface area contributed by atoms with E-state index in [0.717, 1.165) is 38.5 Å². The lowest BCUT2D eigenvalue weighted by atomic mass is 10.1. The molecule has 0 amide bonds. The van der Waals surface area contributed by atoms with E-state index in [2.05, 4.69) is 49.2 Å². The predicted molar refractivity (Wildman–Crippen MR) is 76.6 cm³/mol. The zero-order valence-electron chi connectivity index (χ0n) is 11.7. The summed E-state index contributed by atoms with van der Waals surface area (Å²) in [5.74, 6) is 1.58. The summed E-state index contributed by atoms with van der Waals surface area (Å²) in [5, 5.41) is 3.39. The molecule has 100 valence electrons. The van der Waals surface area contributed by atoms with Crippen molar-refractivity contribution in [3.63, 3.8) is 0 Å². The molecule has 3 heteroatoms. The molecule has 0 radical (unpaired) electrons. The van der Waals surface area contributed by atoms with E-state index >= 15 is 0 Å². The van der Waals surface area contributed by atoms with Gasteiger partial charge in [0, 0.05) is 26.2 Å². The van der Waals surface area contributed by atoms with Gasteiger partial charge in [0.05, 0.1) is 12.3 Å². The summed E-state index contributed by atoms with van der Waals surface area (Å²) in [7, 11) is 0. The molecular formula is C15H24N2O. The van der Waals surface area contributed by atoms with E-state index in [9.17, 15) is 0 Å². The third-order valence-electron chi connectivity index (χ3n) is 3.14. The molecule has 18 heavy (non-hydrogen) atoms. The molecule has 0 aliphatic carbocycles. The Hall–Kier alpha value is -1.22. The number of nitrogens with zero attached hydrogens (tertiary/aromatic N) is 1. The Morgan fingerprint density at radius 3 is 2.67 bits per heavy atom. The standard InChI is InChI=1S/C15H24N2O/c1-12(2)11-18-15-5-4-13(3)10-14(15)17-8-6-16-7-9-17/h4-5,10,12,16H,6-9,11H2,1-3H3. The minimum Gasteiger partial charge on any atom is -0.491 e. The highest BCUT2D eigenvalue weighted by Gasteiger charge is 2.15. The van der Waals surface area contributed by atoms with Crippen LogP contribution < -0.4 is 15.0 Å². The van der Waals surface area contributed by atoms with Crippen LogP contribution in [0.5, 0.6) is 5.75 Å². The van der Waals surface area contributed by atoms with Crippen molar-refractivity contribution in [2.45, 2.75) is 20.8 Å². The molecule has 1 heterocycles. The lowest BCUT2D eigenvalue weighted by Crippen LogP contribution is -2.43. The molecule has 1 aromatic carbocycles. The molecule has 0 bridgehead atoms. The molecule has 1 saturated heterocycles. The summed E-state index contributed by atoms with van der Waals surface area (Å²) in [6, 6.07) is 6.47. The van der Waals surface area contributed by atoms with Gasteiger partial charge >= 0.3 is 0 Å². The van der Waals surface area contributed by atoms with Crippen LogP contribution in [0.4, 0.5) is 5.69 Å². The van der Waals surface area contributed by atoms with Gasteiger partial charge in [-0.05, 0) is 30.5 Å². The maximum Gasteiger partial charge on any atom is 0.142 e. The predicted octanol–water partition coefficient (Wildman–Crippen LogP) is 2.44. The van der Waals surface area contributed by atoms with Gasteiger partial charge in [-0.15, -0.1) is 0 Å². The van der Waals surface area contributed by atoms with Crippen LogP contribution in [0.3, 0.4) is 0 Å². The molecule has 1 aromatic rings. The van der Waals surface area contributed by atoms with Crippen LogP contribution in [0.25, 0.3) is 0 Å². The maximum atomic E-state index is 5.94. The lowest BCUT2D eigenvalue weighted by Gasteiger charge is -2.31. The molecular weight excluding hydrogens is 224 g/mol. The van der Waals surface area contributed by atoms with Gasteiger partial charge in [-0.1, -0.05) is 19.9 Å². The minimum atomic E-state index is 0.558. The molecule has 0 atom stereocenters. The summed E-state index contributed by atoms with van der Waals surface area (Å²) < 4.78 is 5.94. The summed E-state index contributed by atoms with van der Waals surface area (Å²) in [5.41, 5.74) is 2.54. The Bertz CT molecular complexity index is 384. The highest BCUT2D eigenvalue weighted by molar-refractivity contribution is 5.60. The second-order valence-electron chi connectivity index (χ2n) is 5.41. The monoisotopic (exact) mass is 248 g/mol. The van der Waals surface area contributed by atoms with Crippen LogP contribution in [0.2, 0.25) is 0 Å². The average Bonchev–Trinajstić information content (AvgIpc) is 2.38. The molecule has 0 aromatic heterocycles. The van der Waals surface area contributed by atoms with Crippen LogP contribution in [0.15, 0.2) is 18.2 Å². The van der Waals surface area contributed by atoms with Crippen molar-refractivity contribution in [1.82, 2.24) is 5.32 Å². The first-order chi connectivity index (χ1) is 8.66. The second kappa shape index (κ2) is 6.10. The molecule has 1 fully saturated rings. The Morgan fingerprint density at radius 1 is 1.28 bits per heavy atom. The fraction of sp³-hybridized carbons (Fsp3) is 0.600. The van der Waals surface area contributed by atoms with E-state index in [-0.39, 0.29) is 0 Å². The third kappa shape index (κ3) is 3.39. The third-order valence-corrected chi connectivity index (χ3v) is 3.14. The average molecular weight is 248 g/mol. The SMILES string of the molecule is Cc1ccc(OCC(C)C)c(N2CCNCC2)c1. The number of aryl methyl sites for hydroxylation is 1. The Kier molecular flexibility index (Phi) is 4.48. The summed E-state index contributed by atoms with van der Waals surface area (Å²) in [4.78, 5) is 2.42. The van der Waals surface area contributed by atoms with E-state index in [4.69, 9.17) is 4.74 Å². The highest BCUT2D eigenvalue weighted by Crippen LogP contribution is 2.30. The molecule has 1 N–H and O–H groups in total. The summed E-state index contributed by atoms with van der Waals surface area (Å²) >= 11 is 0. The number of nitrogens with one attached hydrogen (secondary N) is 1. The van der Waals surface area contributed by atoms with E-state index in [1.807, 2.05) is 0 Å². The molecule has 1 aliphatic rings. The van der Waals surface area contributed by atoms with Crippen molar-refractivity contribution in [1.29, 1.82) is 0 Å². The van der Waals surface area contributed by atoms with E-state index in [1.165, 1.54) is 11.3 Å². The first kappa shape index (κ1) is 13.2. The fourth-order valence-corrected chi connectivity index (χ4v) is 2.16. The molecule has 1 aliphatic heterocycles. The smallest absolute Gasteiger partial charge is 0.142 e. The summed E-state index contributed by atoms with van der Waals surface area (Å²) in [6.45, 7) is 11.5. The van der Waals surface area contributed by atoms with Gasteiger partial charge in [-0.3, -0.25) is 0 Å². The van der Waals surface area contributed by atoms with Crippen molar-refractivity contribution in [3.05, 3.63) is 23.8 Å². The van der Waals surface area contributed by atoms with Crippen molar-refractivity contribution >= 4 is 5.69 Å². The zero-order valence-corrected chi connectivity index (χ0v) is 11.7. The number of hydrogen-bond donors (Lipinski definition) is 1. The molecule has 2 rings (SSSR count). The Balaban J connectivity index is 2.16. The largest absolute Gasteiger partial charge is 0.491 e. The number of piperazine rings is 1. The normalized spacial score (nSPS) is 16.1. The first-order valence-corrected chi connectivity index (χ1v) is 6.86. The van der Waals surface area contributed by atoms with Gasteiger partial charge in [0.15, 0.2) is 0 Å². The van der Waals surface area contributed by atoms with Gasteiger partial charge in [0.2, 0.25) is 0 Å². The first-order valence-electron chi connectivity index (χ1n) is 6.86. The van der Waals surface area contributed by atoms with Crippen LogP contribution in [0.1, 0.15) is 19.4 Å². The quantitative estimate of drug-likeness (QED) is 0.885. The van der Waals surface area contributed by atoms with Crippen LogP contribution in [-0.4, -0.2) is 32.8 Å². The van der Waals surface area contributed by atoms with E-state index in [1.54, 1.807) is 0 Å². The van der Waals surface area contributed by atoms with Crippen LogP contribution in [-0.2, 0) is 0 Å². The highest BCUT2D eigenvalue weighted by atomic mass is 16.5. The van der Waals surface area contributed by atoms with Gasteiger partial charge in [-0.25, -0.2) is 0 Å². The zero-order chi connectivity index (χ0) is 13.0. The van der Waals surface area contributed by atoms with Gasteiger partial charge in [-0.2, -0.15) is 0 Å². The molecule has 0 saturated carbocycles. The topological polar surface area (TPSA) is 24.5 Å². The Morgan fingerprint density at radius 2 is 2.00 bits per heavy atom.